The number of hydrogen-bond acceptors (Lipinski definition) is 6. The molecule has 0 aromatic carbocycles. The van der Waals surface area contributed by atoms with E-state index in [0.717, 1.165) is 12.8 Å². The molecule has 1 saturated carbocycles. The van der Waals surface area contributed by atoms with Gasteiger partial charge in [-0.15, -0.1) is 6.58 Å². The van der Waals surface area contributed by atoms with E-state index in [4.69, 9.17) is 9.84 Å². The third-order valence-corrected chi connectivity index (χ3v) is 5.42. The molecule has 0 heterocycles. The molecule has 0 bridgehead atoms. The Kier molecular flexibility index (Phi) is 10.7. The molecule has 0 aliphatic heterocycles. The van der Waals surface area contributed by atoms with Crippen molar-refractivity contribution >= 4 is 17.7 Å². The number of carboxylic acids is 1. The van der Waals surface area contributed by atoms with Crippen LogP contribution < -0.4 is 0 Å². The third-order valence-electron chi connectivity index (χ3n) is 5.42. The van der Waals surface area contributed by atoms with E-state index in [0.29, 0.717) is 12.8 Å². The first-order valence-electron chi connectivity index (χ1n) is 10.5. The highest BCUT2D eigenvalue weighted by molar-refractivity contribution is 6.01. The van der Waals surface area contributed by atoms with Crippen LogP contribution in [0, 0.1) is 11.8 Å². The number of carbonyl (C=O) groups is 3. The van der Waals surface area contributed by atoms with Crippen molar-refractivity contribution < 1.29 is 34.4 Å². The maximum Gasteiger partial charge on any atom is 0.317 e. The highest BCUT2D eigenvalue weighted by Crippen LogP contribution is 2.33. The molecule has 168 valence electrons. The summed E-state index contributed by atoms with van der Waals surface area (Å²) >= 11 is 0. The van der Waals surface area contributed by atoms with Gasteiger partial charge in [0.15, 0.2) is 0 Å². The van der Waals surface area contributed by atoms with Crippen LogP contribution in [-0.4, -0.2) is 50.9 Å². The van der Waals surface area contributed by atoms with Crippen LogP contribution in [0.3, 0.4) is 0 Å². The molecule has 0 saturated heterocycles. The van der Waals surface area contributed by atoms with Crippen LogP contribution in [0.25, 0.3) is 0 Å². The summed E-state index contributed by atoms with van der Waals surface area (Å²) in [7, 11) is 0. The Hall–Kier alpha value is -2.25. The van der Waals surface area contributed by atoms with E-state index >= 15 is 0 Å². The summed E-state index contributed by atoms with van der Waals surface area (Å²) in [5.41, 5.74) is -1.08. The average molecular weight is 423 g/mol. The van der Waals surface area contributed by atoms with E-state index in [1.165, 1.54) is 12.2 Å². The largest absolute Gasteiger partial charge is 0.481 e. The number of esters is 1. The van der Waals surface area contributed by atoms with Gasteiger partial charge in [-0.05, 0) is 25.7 Å². The van der Waals surface area contributed by atoms with Gasteiger partial charge < -0.3 is 20.1 Å². The molecule has 1 rings (SSSR count). The van der Waals surface area contributed by atoms with E-state index in [1.807, 2.05) is 6.92 Å². The Bertz CT molecular complexity index is 654. The third kappa shape index (κ3) is 7.88. The Morgan fingerprint density at radius 3 is 2.60 bits per heavy atom. The van der Waals surface area contributed by atoms with Gasteiger partial charge in [0.2, 0.25) is 0 Å². The summed E-state index contributed by atoms with van der Waals surface area (Å²) < 4.78 is 5.35. The summed E-state index contributed by atoms with van der Waals surface area (Å²) in [5.74, 6) is -3.97. The molecule has 5 atom stereocenters. The monoisotopic (exact) mass is 422 g/mol. The van der Waals surface area contributed by atoms with Gasteiger partial charge in [-0.3, -0.25) is 14.4 Å². The molecule has 7 heteroatoms. The molecule has 0 aromatic rings. The molecule has 1 fully saturated rings. The predicted molar refractivity (Wildman–Crippen MR) is 113 cm³/mol. The zero-order chi connectivity index (χ0) is 22.7. The van der Waals surface area contributed by atoms with E-state index in [1.54, 1.807) is 12.2 Å². The maximum atomic E-state index is 12.6. The SMILES string of the molecule is C=CC(CCCC(=O)O)OC(=O)[C@H]1C(=O)C[C@@H](O)[C@@H]1/C=C/CC(O)(C=C)CCCC. The Morgan fingerprint density at radius 1 is 1.33 bits per heavy atom. The van der Waals surface area contributed by atoms with Gasteiger partial charge in [-0.1, -0.05) is 50.6 Å². The van der Waals surface area contributed by atoms with E-state index in [2.05, 4.69) is 13.2 Å². The van der Waals surface area contributed by atoms with Crippen LogP contribution >= 0.6 is 0 Å². The van der Waals surface area contributed by atoms with Crippen molar-refractivity contribution in [2.24, 2.45) is 11.8 Å². The zero-order valence-electron chi connectivity index (χ0n) is 17.7. The maximum absolute atomic E-state index is 12.6. The number of aliphatic hydroxyl groups is 2. The minimum atomic E-state index is -1.13. The molecule has 3 N–H and O–H groups in total. The van der Waals surface area contributed by atoms with Crippen LogP contribution in [-0.2, 0) is 19.1 Å². The summed E-state index contributed by atoms with van der Waals surface area (Å²) in [6, 6.07) is 0. The fourth-order valence-corrected chi connectivity index (χ4v) is 3.54. The standard InChI is InChI=1S/C23H34O7/c1-4-7-13-23(29,6-3)14-9-11-17-18(24)15-19(25)21(17)22(28)30-16(5-2)10-8-12-20(26)27/h5-6,9,11,16-18,21,24,29H,2-4,7-8,10,12-15H2,1H3,(H,26,27)/b11-9+/t16?,17-,18+,21+,23?/m0/s1. The number of rotatable bonds is 14. The molecule has 7 nitrogen and oxygen atoms in total. The van der Waals surface area contributed by atoms with Crippen molar-refractivity contribution in [2.75, 3.05) is 0 Å². The molecule has 0 spiro atoms. The first-order chi connectivity index (χ1) is 14.2. The van der Waals surface area contributed by atoms with Gasteiger partial charge in [0.05, 0.1) is 11.7 Å². The number of aliphatic carboxylic acids is 1. The summed E-state index contributed by atoms with van der Waals surface area (Å²) in [4.78, 5) is 35.6. The Labute approximate surface area is 178 Å². The zero-order valence-corrected chi connectivity index (χ0v) is 17.7. The lowest BCUT2D eigenvalue weighted by atomic mass is 9.90. The predicted octanol–water partition coefficient (Wildman–Crippen LogP) is 2.96. The smallest absolute Gasteiger partial charge is 0.317 e. The van der Waals surface area contributed by atoms with Crippen molar-refractivity contribution in [3.8, 4) is 0 Å². The number of carbonyl (C=O) groups excluding carboxylic acids is 2. The lowest BCUT2D eigenvalue weighted by molar-refractivity contribution is -0.155. The number of Topliss-reactive ketones (excluding diaryl/α,β-unsaturated/α-hetero) is 1. The van der Waals surface area contributed by atoms with Gasteiger partial charge >= 0.3 is 11.9 Å². The minimum absolute atomic E-state index is 0.0570. The van der Waals surface area contributed by atoms with Crippen molar-refractivity contribution in [1.29, 1.82) is 0 Å². The van der Waals surface area contributed by atoms with Crippen molar-refractivity contribution in [1.82, 2.24) is 0 Å². The topological polar surface area (TPSA) is 121 Å². The molecular weight excluding hydrogens is 388 g/mol. The minimum Gasteiger partial charge on any atom is -0.481 e. The fraction of sp³-hybridized carbons (Fsp3) is 0.609. The second-order valence-electron chi connectivity index (χ2n) is 7.83. The molecule has 1 aliphatic rings. The molecule has 0 aromatic heterocycles. The number of aliphatic hydroxyl groups excluding tert-OH is 1. The second kappa shape index (κ2) is 12.4. The van der Waals surface area contributed by atoms with Crippen LogP contribution in [0.15, 0.2) is 37.5 Å². The summed E-state index contributed by atoms with van der Waals surface area (Å²) in [6.07, 6.45) is 7.41. The number of ketones is 1. The van der Waals surface area contributed by atoms with Crippen LogP contribution in [0.5, 0.6) is 0 Å². The molecule has 0 amide bonds. The highest BCUT2D eigenvalue weighted by atomic mass is 16.5. The quantitative estimate of drug-likeness (QED) is 0.223. The first-order valence-corrected chi connectivity index (χ1v) is 10.5. The lowest BCUT2D eigenvalue weighted by Crippen LogP contribution is -2.31. The average Bonchev–Trinajstić information content (AvgIpc) is 2.98. The summed E-state index contributed by atoms with van der Waals surface area (Å²) in [6.45, 7) is 9.29. The normalized spacial score (nSPS) is 24.4. The van der Waals surface area contributed by atoms with Crippen LogP contribution in [0.4, 0.5) is 0 Å². The number of ether oxygens (including phenoxy) is 1. The Morgan fingerprint density at radius 2 is 2.03 bits per heavy atom. The number of unbranched alkanes of at least 4 members (excludes halogenated alkanes) is 1. The van der Waals surface area contributed by atoms with Gasteiger partial charge in [0.25, 0.3) is 0 Å². The van der Waals surface area contributed by atoms with Crippen molar-refractivity contribution in [3.63, 3.8) is 0 Å². The molecule has 0 radical (unpaired) electrons. The lowest BCUT2D eigenvalue weighted by Gasteiger charge is -2.23. The molecule has 30 heavy (non-hydrogen) atoms. The van der Waals surface area contributed by atoms with Gasteiger partial charge in [-0.25, -0.2) is 0 Å². The van der Waals surface area contributed by atoms with Gasteiger partial charge in [0, 0.05) is 18.8 Å². The van der Waals surface area contributed by atoms with E-state index in [9.17, 15) is 24.6 Å². The number of carboxylic acid groups (broad SMARTS) is 1. The van der Waals surface area contributed by atoms with Gasteiger partial charge in [-0.2, -0.15) is 0 Å². The highest BCUT2D eigenvalue weighted by Gasteiger charge is 2.46. The van der Waals surface area contributed by atoms with E-state index in [-0.39, 0.29) is 25.7 Å². The number of hydrogen-bond donors (Lipinski definition) is 3. The molecular formula is C23H34O7. The molecule has 1 aliphatic carbocycles. The van der Waals surface area contributed by atoms with Crippen molar-refractivity contribution in [2.45, 2.75) is 76.1 Å². The Balaban J connectivity index is 2.79. The fourth-order valence-electron chi connectivity index (χ4n) is 3.54. The van der Waals surface area contributed by atoms with E-state index < -0.39 is 47.4 Å². The second-order valence-corrected chi connectivity index (χ2v) is 7.83. The summed E-state index contributed by atoms with van der Waals surface area (Å²) in [5, 5.41) is 29.5. The van der Waals surface area contributed by atoms with Gasteiger partial charge in [0.1, 0.15) is 17.8 Å². The molecule has 2 unspecified atom stereocenters. The van der Waals surface area contributed by atoms with Crippen LogP contribution in [0.1, 0.15) is 58.3 Å². The van der Waals surface area contributed by atoms with Crippen molar-refractivity contribution in [3.05, 3.63) is 37.5 Å². The first kappa shape index (κ1) is 25.8. The van der Waals surface area contributed by atoms with Crippen LogP contribution in [0.2, 0.25) is 0 Å².